The first-order valence-corrected chi connectivity index (χ1v) is 13.5. The van der Waals surface area contributed by atoms with E-state index in [-0.39, 0.29) is 29.8 Å². The predicted molar refractivity (Wildman–Crippen MR) is 147 cm³/mol. The average Bonchev–Trinajstić information content (AvgIpc) is 2.89. The van der Waals surface area contributed by atoms with E-state index in [1.807, 2.05) is 42.5 Å². The fraction of sp³-hybridized carbons (Fsp3) is 0.483. The Bertz CT molecular complexity index is 944. The molecule has 0 spiro atoms. The third kappa shape index (κ3) is 11.2. The second-order valence-corrected chi connectivity index (χ2v) is 9.74. The number of esters is 1. The zero-order chi connectivity index (χ0) is 25.4. The average molecular weight is 511 g/mol. The molecule has 194 valence electrons. The number of hydrogen-bond acceptors (Lipinski definition) is 5. The van der Waals surface area contributed by atoms with Gasteiger partial charge in [0.25, 0.3) is 0 Å². The second-order valence-electron chi connectivity index (χ2n) is 9.33. The number of thiocarbonyl (C=S) groups is 1. The molecule has 2 aromatic rings. The number of anilines is 1. The highest BCUT2D eigenvalue weighted by Crippen LogP contribution is 2.26. The molecule has 0 unspecified atom stereocenters. The van der Waals surface area contributed by atoms with E-state index in [1.165, 1.54) is 37.7 Å². The zero-order valence-corrected chi connectivity index (χ0v) is 21.8. The minimum atomic E-state index is -0.280. The van der Waals surface area contributed by atoms with E-state index in [0.29, 0.717) is 13.0 Å². The first-order chi connectivity index (χ1) is 17.6. The topological polar surface area (TPSA) is 76.7 Å². The number of rotatable bonds is 13. The van der Waals surface area contributed by atoms with E-state index < -0.39 is 0 Å². The SMILES string of the molecule is O=C(CCCC(=O)OCCCc1ccccc1)NC(=S)Nc1ccc(OCCC2CCCCC2)cc1. The van der Waals surface area contributed by atoms with Crippen LogP contribution in [0.25, 0.3) is 0 Å². The predicted octanol–water partition coefficient (Wildman–Crippen LogP) is 6.20. The molecule has 3 rings (SSSR count). The number of aryl methyl sites for hydroxylation is 1. The summed E-state index contributed by atoms with van der Waals surface area (Å²) in [5.41, 5.74) is 2.00. The van der Waals surface area contributed by atoms with Crippen molar-refractivity contribution in [1.82, 2.24) is 5.32 Å². The molecule has 0 radical (unpaired) electrons. The molecule has 6 nitrogen and oxygen atoms in total. The van der Waals surface area contributed by atoms with E-state index >= 15 is 0 Å². The number of benzene rings is 2. The van der Waals surface area contributed by atoms with Crippen LogP contribution in [-0.2, 0) is 20.7 Å². The molecule has 1 amide bonds. The number of ether oxygens (including phenoxy) is 2. The zero-order valence-electron chi connectivity index (χ0n) is 21.0. The van der Waals surface area contributed by atoms with Gasteiger partial charge in [-0.3, -0.25) is 9.59 Å². The molecular formula is C29H38N2O4S. The van der Waals surface area contributed by atoms with Crippen LogP contribution in [0, 0.1) is 5.92 Å². The maximum atomic E-state index is 12.1. The third-order valence-electron chi connectivity index (χ3n) is 6.39. The van der Waals surface area contributed by atoms with Gasteiger partial charge >= 0.3 is 5.97 Å². The number of carbonyl (C=O) groups excluding carboxylic acids is 2. The van der Waals surface area contributed by atoms with Gasteiger partial charge in [-0.1, -0.05) is 62.4 Å². The summed E-state index contributed by atoms with van der Waals surface area (Å²) in [4.78, 5) is 24.0. The van der Waals surface area contributed by atoms with Gasteiger partial charge in [-0.15, -0.1) is 0 Å². The Morgan fingerprint density at radius 1 is 0.889 bits per heavy atom. The molecule has 0 bridgehead atoms. The molecule has 2 N–H and O–H groups in total. The summed E-state index contributed by atoms with van der Waals surface area (Å²) < 4.78 is 11.1. The standard InChI is InChI=1S/C29H38N2O4S/c32-27(14-7-15-28(33)35-21-8-13-23-9-3-1-4-10-23)31-29(36)30-25-16-18-26(19-17-25)34-22-20-24-11-5-2-6-12-24/h1,3-4,9-10,16-19,24H,2,5-8,11-15,20-22H2,(H2,30,31,32,36). The van der Waals surface area contributed by atoms with Crippen molar-refractivity contribution in [3.05, 3.63) is 60.2 Å². The van der Waals surface area contributed by atoms with Gasteiger partial charge < -0.3 is 20.1 Å². The van der Waals surface area contributed by atoms with Crippen molar-refractivity contribution in [1.29, 1.82) is 0 Å². The minimum absolute atomic E-state index is 0.203. The van der Waals surface area contributed by atoms with Crippen molar-refractivity contribution in [3.63, 3.8) is 0 Å². The smallest absolute Gasteiger partial charge is 0.305 e. The van der Waals surface area contributed by atoms with Gasteiger partial charge in [0.05, 0.1) is 13.2 Å². The Morgan fingerprint density at radius 3 is 2.39 bits per heavy atom. The van der Waals surface area contributed by atoms with Crippen LogP contribution in [0.3, 0.4) is 0 Å². The minimum Gasteiger partial charge on any atom is -0.494 e. The van der Waals surface area contributed by atoms with Crippen LogP contribution < -0.4 is 15.4 Å². The molecule has 1 fully saturated rings. The Morgan fingerprint density at radius 2 is 1.64 bits per heavy atom. The monoisotopic (exact) mass is 510 g/mol. The van der Waals surface area contributed by atoms with Crippen molar-refractivity contribution >= 4 is 34.9 Å². The van der Waals surface area contributed by atoms with E-state index in [1.54, 1.807) is 0 Å². The molecule has 1 aliphatic rings. The fourth-order valence-corrected chi connectivity index (χ4v) is 4.61. The van der Waals surface area contributed by atoms with Crippen LogP contribution in [0.4, 0.5) is 5.69 Å². The Labute approximate surface area is 220 Å². The van der Waals surface area contributed by atoms with Crippen LogP contribution in [0.5, 0.6) is 5.75 Å². The van der Waals surface area contributed by atoms with Gasteiger partial charge in [0, 0.05) is 18.5 Å². The van der Waals surface area contributed by atoms with E-state index in [4.69, 9.17) is 21.7 Å². The van der Waals surface area contributed by atoms with Crippen LogP contribution in [0.2, 0.25) is 0 Å². The number of amides is 1. The molecule has 2 aromatic carbocycles. The molecule has 0 atom stereocenters. The Hall–Kier alpha value is -2.93. The van der Waals surface area contributed by atoms with E-state index in [0.717, 1.165) is 43.2 Å². The van der Waals surface area contributed by atoms with Crippen molar-refractivity contribution in [2.24, 2.45) is 5.92 Å². The highest BCUT2D eigenvalue weighted by Gasteiger charge is 2.13. The summed E-state index contributed by atoms with van der Waals surface area (Å²) in [5.74, 6) is 1.12. The molecule has 0 heterocycles. The van der Waals surface area contributed by atoms with Crippen molar-refractivity contribution in [3.8, 4) is 5.75 Å². The third-order valence-corrected chi connectivity index (χ3v) is 6.59. The first kappa shape index (κ1) is 27.7. The highest BCUT2D eigenvalue weighted by atomic mass is 32.1. The molecule has 1 saturated carbocycles. The molecule has 7 heteroatoms. The van der Waals surface area contributed by atoms with Gasteiger partial charge in [-0.25, -0.2) is 0 Å². The number of nitrogens with one attached hydrogen (secondary N) is 2. The summed E-state index contributed by atoms with van der Waals surface area (Å²) in [5, 5.41) is 5.89. The summed E-state index contributed by atoms with van der Waals surface area (Å²) in [6.45, 7) is 1.13. The largest absolute Gasteiger partial charge is 0.494 e. The summed E-state index contributed by atoms with van der Waals surface area (Å²) >= 11 is 5.23. The van der Waals surface area contributed by atoms with Crippen molar-refractivity contribution in [2.45, 2.75) is 70.6 Å². The Kier molecular flexibility index (Phi) is 12.2. The van der Waals surface area contributed by atoms with Crippen LogP contribution >= 0.6 is 12.2 Å². The van der Waals surface area contributed by atoms with E-state index in [2.05, 4.69) is 22.8 Å². The summed E-state index contributed by atoms with van der Waals surface area (Å²) in [6.07, 6.45) is 10.3. The molecule has 0 aromatic heterocycles. The highest BCUT2D eigenvalue weighted by molar-refractivity contribution is 7.80. The van der Waals surface area contributed by atoms with Crippen molar-refractivity contribution < 1.29 is 19.1 Å². The van der Waals surface area contributed by atoms with Crippen LogP contribution in [-0.4, -0.2) is 30.2 Å². The number of carbonyl (C=O) groups is 2. The van der Waals surface area contributed by atoms with Crippen LogP contribution in [0.1, 0.15) is 69.8 Å². The summed E-state index contributed by atoms with van der Waals surface area (Å²) in [6, 6.07) is 17.7. The fourth-order valence-electron chi connectivity index (χ4n) is 4.38. The lowest BCUT2D eigenvalue weighted by Gasteiger charge is -2.21. The van der Waals surface area contributed by atoms with Gasteiger partial charge in [0.1, 0.15) is 5.75 Å². The molecule has 1 aliphatic carbocycles. The van der Waals surface area contributed by atoms with Crippen LogP contribution in [0.15, 0.2) is 54.6 Å². The number of hydrogen-bond donors (Lipinski definition) is 2. The second kappa shape index (κ2) is 15.9. The lowest BCUT2D eigenvalue weighted by Crippen LogP contribution is -2.34. The maximum Gasteiger partial charge on any atom is 0.305 e. The maximum absolute atomic E-state index is 12.1. The lowest BCUT2D eigenvalue weighted by molar-refractivity contribution is -0.143. The van der Waals surface area contributed by atoms with Crippen molar-refractivity contribution in [2.75, 3.05) is 18.5 Å². The summed E-state index contributed by atoms with van der Waals surface area (Å²) in [7, 11) is 0. The van der Waals surface area contributed by atoms with E-state index in [9.17, 15) is 9.59 Å². The van der Waals surface area contributed by atoms with Gasteiger partial charge in [-0.05, 0) is 73.6 Å². The normalized spacial score (nSPS) is 13.6. The first-order valence-electron chi connectivity index (χ1n) is 13.1. The van der Waals surface area contributed by atoms with Gasteiger partial charge in [0.2, 0.25) is 5.91 Å². The Balaban J connectivity index is 1.22. The van der Waals surface area contributed by atoms with Gasteiger partial charge in [-0.2, -0.15) is 0 Å². The lowest BCUT2D eigenvalue weighted by atomic mass is 9.87. The molecular weight excluding hydrogens is 472 g/mol. The van der Waals surface area contributed by atoms with Gasteiger partial charge in [0.15, 0.2) is 5.11 Å². The molecule has 36 heavy (non-hydrogen) atoms. The molecule has 0 aliphatic heterocycles. The quantitative estimate of drug-likeness (QED) is 0.190. The molecule has 0 saturated heterocycles.